The number of nitrogens with zero attached hydrogens (tertiary/aromatic N) is 5. The van der Waals surface area contributed by atoms with E-state index in [1.54, 1.807) is 0 Å². The van der Waals surface area contributed by atoms with Gasteiger partial charge in [-0.1, -0.05) is 17.8 Å². The predicted octanol–water partition coefficient (Wildman–Crippen LogP) is 2.06. The van der Waals surface area contributed by atoms with Crippen LogP contribution in [0, 0.1) is 12.8 Å². The molecule has 2 atom stereocenters. The molecule has 9 heteroatoms. The fraction of sp³-hybridized carbons (Fsp3) is 0.714. The third kappa shape index (κ3) is 4.83. The minimum Gasteiger partial charge on any atom is -0.356 e. The Morgan fingerprint density at radius 3 is 2.97 bits per heavy atom. The number of nitrogens with one attached hydrogen (secondary N) is 1. The van der Waals surface area contributed by atoms with Gasteiger partial charge in [-0.2, -0.15) is 4.52 Å². The van der Waals surface area contributed by atoms with Gasteiger partial charge in [0.2, 0.25) is 16.0 Å². The summed E-state index contributed by atoms with van der Waals surface area (Å²) in [6, 6.07) is 2.16. The summed E-state index contributed by atoms with van der Waals surface area (Å²) in [5, 5.41) is 8.36. The van der Waals surface area contributed by atoms with Crippen molar-refractivity contribution >= 4 is 27.3 Å². The first-order valence-corrected chi connectivity index (χ1v) is 12.0. The van der Waals surface area contributed by atoms with Gasteiger partial charge in [0.1, 0.15) is 0 Å². The first-order chi connectivity index (χ1) is 14.5. The summed E-state index contributed by atoms with van der Waals surface area (Å²) in [7, 11) is 0. The number of anilines is 1. The Balaban J connectivity index is 1.29. The number of piperidine rings is 2. The number of amides is 1. The van der Waals surface area contributed by atoms with E-state index in [1.165, 1.54) is 47.7 Å². The normalized spacial score (nSPS) is 23.1. The summed E-state index contributed by atoms with van der Waals surface area (Å²) in [5.41, 5.74) is 0.541. The van der Waals surface area contributed by atoms with Gasteiger partial charge in [0.15, 0.2) is 0 Å². The van der Waals surface area contributed by atoms with Crippen molar-refractivity contribution in [1.29, 1.82) is 0 Å². The van der Waals surface area contributed by atoms with Crippen molar-refractivity contribution in [3.8, 4) is 0 Å². The summed E-state index contributed by atoms with van der Waals surface area (Å²) in [4.78, 5) is 34.5. The minimum atomic E-state index is -0.158. The molecular formula is C21H32N6O2S. The van der Waals surface area contributed by atoms with Crippen LogP contribution in [0.4, 0.5) is 5.13 Å². The first kappa shape index (κ1) is 21.2. The molecule has 2 aromatic rings. The van der Waals surface area contributed by atoms with Crippen LogP contribution in [0.2, 0.25) is 0 Å². The van der Waals surface area contributed by atoms with E-state index in [1.807, 2.05) is 6.92 Å². The van der Waals surface area contributed by atoms with Crippen LogP contribution in [0.3, 0.4) is 0 Å². The number of hydrogen-bond donors (Lipinski definition) is 1. The molecule has 0 aromatic carbocycles. The van der Waals surface area contributed by atoms with Crippen LogP contribution < -0.4 is 15.8 Å². The Morgan fingerprint density at radius 1 is 1.27 bits per heavy atom. The number of rotatable bonds is 6. The van der Waals surface area contributed by atoms with Gasteiger partial charge in [0.25, 0.3) is 5.56 Å². The van der Waals surface area contributed by atoms with Crippen molar-refractivity contribution in [3.63, 3.8) is 0 Å². The molecule has 2 fully saturated rings. The maximum Gasteiger partial charge on any atom is 0.275 e. The molecule has 1 amide bonds. The molecular weight excluding hydrogens is 400 g/mol. The van der Waals surface area contributed by atoms with Gasteiger partial charge in [0.05, 0.1) is 5.92 Å². The number of hydrogen-bond acceptors (Lipinski definition) is 7. The number of likely N-dealkylation sites (tertiary alicyclic amines) is 1. The van der Waals surface area contributed by atoms with E-state index in [0.717, 1.165) is 44.0 Å². The molecule has 1 N–H and O–H groups in total. The molecule has 8 nitrogen and oxygen atoms in total. The quantitative estimate of drug-likeness (QED) is 0.704. The molecule has 0 spiro atoms. The van der Waals surface area contributed by atoms with Crippen molar-refractivity contribution in [1.82, 2.24) is 24.8 Å². The van der Waals surface area contributed by atoms with Crippen LogP contribution in [-0.2, 0) is 4.79 Å². The third-order valence-electron chi connectivity index (χ3n) is 6.29. The molecule has 2 saturated heterocycles. The third-order valence-corrected chi connectivity index (χ3v) is 7.26. The van der Waals surface area contributed by atoms with Crippen LogP contribution in [0.25, 0.3) is 4.96 Å². The topological polar surface area (TPSA) is 82.8 Å². The maximum absolute atomic E-state index is 12.7. The summed E-state index contributed by atoms with van der Waals surface area (Å²) >= 11 is 1.41. The van der Waals surface area contributed by atoms with E-state index in [9.17, 15) is 9.59 Å². The van der Waals surface area contributed by atoms with E-state index in [4.69, 9.17) is 0 Å². The number of aromatic nitrogens is 3. The van der Waals surface area contributed by atoms with Gasteiger partial charge in [-0.15, -0.1) is 5.10 Å². The van der Waals surface area contributed by atoms with Gasteiger partial charge in [-0.3, -0.25) is 9.59 Å². The number of carbonyl (C=O) groups is 1. The Morgan fingerprint density at radius 2 is 2.13 bits per heavy atom. The van der Waals surface area contributed by atoms with E-state index in [2.05, 4.69) is 32.1 Å². The van der Waals surface area contributed by atoms with Crippen LogP contribution in [-0.4, -0.2) is 64.2 Å². The van der Waals surface area contributed by atoms with Crippen LogP contribution in [0.15, 0.2) is 10.9 Å². The molecule has 0 saturated carbocycles. The van der Waals surface area contributed by atoms with Crippen LogP contribution >= 0.6 is 11.3 Å². The van der Waals surface area contributed by atoms with Crippen LogP contribution in [0.1, 0.15) is 51.1 Å². The lowest BCUT2D eigenvalue weighted by Crippen LogP contribution is -2.44. The Labute approximate surface area is 181 Å². The second-order valence-corrected chi connectivity index (χ2v) is 9.56. The predicted molar refractivity (Wildman–Crippen MR) is 119 cm³/mol. The highest BCUT2D eigenvalue weighted by Crippen LogP contribution is 2.27. The van der Waals surface area contributed by atoms with Crippen LogP contribution in [0.5, 0.6) is 0 Å². The standard InChI is InChI=1S/C21H32N6O2S/c1-15-13-18(28)27-20(23-15)30-21(24-27)26-11-5-8-17(14-26)19(29)22-9-6-12-25-10-4-3-7-16(25)2/h13,16-17H,3-12,14H2,1-2H3,(H,22,29). The van der Waals surface area contributed by atoms with E-state index in [-0.39, 0.29) is 17.4 Å². The van der Waals surface area contributed by atoms with Crippen molar-refractivity contribution in [2.45, 2.75) is 58.4 Å². The van der Waals surface area contributed by atoms with E-state index in [0.29, 0.717) is 23.2 Å². The highest BCUT2D eigenvalue weighted by atomic mass is 32.1. The molecule has 0 radical (unpaired) electrons. The van der Waals surface area contributed by atoms with Gasteiger partial charge in [0, 0.05) is 44.0 Å². The molecule has 2 aliphatic heterocycles. The zero-order chi connectivity index (χ0) is 21.1. The lowest BCUT2D eigenvalue weighted by Gasteiger charge is -2.33. The molecule has 4 heterocycles. The average Bonchev–Trinajstić information content (AvgIpc) is 3.17. The van der Waals surface area contributed by atoms with Gasteiger partial charge in [-0.05, 0) is 52.5 Å². The van der Waals surface area contributed by atoms with Crippen molar-refractivity contribution in [2.75, 3.05) is 37.6 Å². The molecule has 164 valence electrons. The monoisotopic (exact) mass is 432 g/mol. The summed E-state index contributed by atoms with van der Waals surface area (Å²) in [5.74, 6) is 0.102. The highest BCUT2D eigenvalue weighted by molar-refractivity contribution is 7.20. The van der Waals surface area contributed by atoms with Gasteiger partial charge in [-0.25, -0.2) is 4.98 Å². The molecule has 2 unspecified atom stereocenters. The van der Waals surface area contributed by atoms with E-state index >= 15 is 0 Å². The highest BCUT2D eigenvalue weighted by Gasteiger charge is 2.28. The Bertz CT molecular complexity index is 941. The lowest BCUT2D eigenvalue weighted by molar-refractivity contribution is -0.125. The maximum atomic E-state index is 12.7. The van der Waals surface area contributed by atoms with E-state index < -0.39 is 0 Å². The smallest absolute Gasteiger partial charge is 0.275 e. The second kappa shape index (κ2) is 9.43. The Hall–Kier alpha value is -2.00. The second-order valence-electron chi connectivity index (χ2n) is 8.63. The summed E-state index contributed by atoms with van der Waals surface area (Å²) in [6.07, 6.45) is 6.76. The molecule has 4 rings (SSSR count). The fourth-order valence-electron chi connectivity index (χ4n) is 4.53. The summed E-state index contributed by atoms with van der Waals surface area (Å²) in [6.45, 7) is 8.60. The number of carbonyl (C=O) groups excluding carboxylic acids is 1. The summed E-state index contributed by atoms with van der Waals surface area (Å²) < 4.78 is 1.36. The lowest BCUT2D eigenvalue weighted by atomic mass is 9.97. The fourth-order valence-corrected chi connectivity index (χ4v) is 5.52. The van der Waals surface area contributed by atoms with Crippen molar-refractivity contribution < 1.29 is 4.79 Å². The molecule has 0 aliphatic carbocycles. The Kier molecular flexibility index (Phi) is 6.67. The average molecular weight is 433 g/mol. The zero-order valence-electron chi connectivity index (χ0n) is 18.0. The minimum absolute atomic E-state index is 0.0360. The SMILES string of the molecule is Cc1cc(=O)n2nc(N3CCCC(C(=O)NCCCN4CCCCC4C)C3)sc2n1. The van der Waals surface area contributed by atoms with Crippen molar-refractivity contribution in [3.05, 3.63) is 22.1 Å². The molecule has 2 aromatic heterocycles. The number of aryl methyl sites for hydroxylation is 1. The molecule has 30 heavy (non-hydrogen) atoms. The zero-order valence-corrected chi connectivity index (χ0v) is 18.8. The first-order valence-electron chi connectivity index (χ1n) is 11.2. The molecule has 2 aliphatic rings. The van der Waals surface area contributed by atoms with Gasteiger partial charge < -0.3 is 15.1 Å². The largest absolute Gasteiger partial charge is 0.356 e. The van der Waals surface area contributed by atoms with Gasteiger partial charge >= 0.3 is 0 Å². The van der Waals surface area contributed by atoms with Crippen molar-refractivity contribution in [2.24, 2.45) is 5.92 Å². The molecule has 0 bridgehead atoms. The number of fused-ring (bicyclic) bond motifs is 1.